The van der Waals surface area contributed by atoms with Crippen molar-refractivity contribution in [2.45, 2.75) is 38.6 Å². The number of rotatable bonds is 5. The van der Waals surface area contributed by atoms with E-state index < -0.39 is 6.09 Å². The number of halogens is 1. The van der Waals surface area contributed by atoms with Gasteiger partial charge in [-0.3, -0.25) is 4.90 Å². The largest absolute Gasteiger partial charge is 0.445 e. The Balaban J connectivity index is 1.24. The summed E-state index contributed by atoms with van der Waals surface area (Å²) in [7, 11) is 0. The van der Waals surface area contributed by atoms with Crippen LogP contribution in [0.5, 0.6) is 0 Å². The lowest BCUT2D eigenvalue weighted by atomic mass is 10.0. The molecular formula is C32H31ClN6O2. The predicted octanol–water partition coefficient (Wildman–Crippen LogP) is 5.98. The molecule has 2 atom stereocenters. The Bertz CT molecular complexity index is 1600. The molecule has 3 aromatic carbocycles. The van der Waals surface area contributed by atoms with Crippen molar-refractivity contribution in [3.8, 4) is 0 Å². The quantitative estimate of drug-likeness (QED) is 0.219. The van der Waals surface area contributed by atoms with Gasteiger partial charge in [0.25, 0.3) is 0 Å². The van der Waals surface area contributed by atoms with Crippen molar-refractivity contribution < 1.29 is 9.53 Å². The first-order valence-corrected chi connectivity index (χ1v) is 14.2. The number of nitrogens with zero attached hydrogens (tertiary/aromatic N) is 6. The van der Waals surface area contributed by atoms with Crippen LogP contribution in [0.1, 0.15) is 23.7 Å². The van der Waals surface area contributed by atoms with Gasteiger partial charge in [0, 0.05) is 42.3 Å². The summed E-state index contributed by atoms with van der Waals surface area (Å²) in [5.41, 5.74) is 4.10. The van der Waals surface area contributed by atoms with Crippen molar-refractivity contribution in [1.82, 2.24) is 14.9 Å². The maximum Gasteiger partial charge on any atom is 0.410 e. The van der Waals surface area contributed by atoms with E-state index in [2.05, 4.69) is 69.0 Å². The van der Waals surface area contributed by atoms with Crippen LogP contribution >= 0.6 is 11.6 Å². The van der Waals surface area contributed by atoms with Gasteiger partial charge in [-0.25, -0.2) is 21.3 Å². The molecule has 0 saturated carbocycles. The van der Waals surface area contributed by atoms with Crippen molar-refractivity contribution in [3.63, 3.8) is 0 Å². The molecule has 0 spiro atoms. The minimum Gasteiger partial charge on any atom is -0.445 e. The molecule has 2 aliphatic rings. The Labute approximate surface area is 244 Å². The van der Waals surface area contributed by atoms with Gasteiger partial charge in [-0.05, 0) is 42.0 Å². The molecule has 9 heteroatoms. The van der Waals surface area contributed by atoms with Crippen LogP contribution in [0.25, 0.3) is 15.6 Å². The van der Waals surface area contributed by atoms with Gasteiger partial charge in [0.1, 0.15) is 18.5 Å². The number of hydrogen-bond acceptors (Lipinski definition) is 6. The highest BCUT2D eigenvalue weighted by Crippen LogP contribution is 2.35. The summed E-state index contributed by atoms with van der Waals surface area (Å²) in [6, 6.07) is 24.0. The van der Waals surface area contributed by atoms with Gasteiger partial charge in [-0.2, -0.15) is 0 Å². The second kappa shape index (κ2) is 11.6. The Kier molecular flexibility index (Phi) is 7.62. The molecular weight excluding hydrogens is 536 g/mol. The predicted molar refractivity (Wildman–Crippen MR) is 161 cm³/mol. The highest BCUT2D eigenvalue weighted by molar-refractivity contribution is 6.28. The zero-order valence-electron chi connectivity index (χ0n) is 22.9. The van der Waals surface area contributed by atoms with Crippen molar-refractivity contribution in [3.05, 3.63) is 106 Å². The Morgan fingerprint density at radius 2 is 1.83 bits per heavy atom. The zero-order chi connectivity index (χ0) is 28.3. The highest BCUT2D eigenvalue weighted by atomic mass is 35.5. The fraction of sp³-hybridized carbons (Fsp3) is 0.312. The van der Waals surface area contributed by atoms with Gasteiger partial charge in [-0.1, -0.05) is 66.7 Å². The van der Waals surface area contributed by atoms with E-state index in [0.29, 0.717) is 19.6 Å². The number of aromatic nitrogens is 2. The van der Waals surface area contributed by atoms with E-state index in [1.165, 1.54) is 16.5 Å². The maximum atomic E-state index is 13.1. The van der Waals surface area contributed by atoms with Crippen molar-refractivity contribution >= 4 is 40.0 Å². The van der Waals surface area contributed by atoms with E-state index >= 15 is 0 Å². The number of benzene rings is 3. The van der Waals surface area contributed by atoms with Gasteiger partial charge in [0.05, 0.1) is 12.2 Å². The minimum absolute atomic E-state index is 0.0487. The van der Waals surface area contributed by atoms with Gasteiger partial charge in [0.2, 0.25) is 11.8 Å². The summed E-state index contributed by atoms with van der Waals surface area (Å²) in [4.78, 5) is 32.4. The first-order valence-electron chi connectivity index (χ1n) is 13.9. The first-order chi connectivity index (χ1) is 20.0. The van der Waals surface area contributed by atoms with Crippen LogP contribution in [0.2, 0.25) is 5.28 Å². The van der Waals surface area contributed by atoms with Crippen molar-refractivity contribution in [2.24, 2.45) is 0 Å². The van der Waals surface area contributed by atoms with Crippen LogP contribution in [0.3, 0.4) is 0 Å². The minimum atomic E-state index is -0.400. The molecule has 2 aliphatic heterocycles. The molecule has 1 saturated heterocycles. The summed E-state index contributed by atoms with van der Waals surface area (Å²) >= 11 is 6.51. The van der Waals surface area contributed by atoms with E-state index in [1.54, 1.807) is 4.90 Å². The van der Waals surface area contributed by atoms with Gasteiger partial charge in [0.15, 0.2) is 0 Å². The van der Waals surface area contributed by atoms with Crippen LogP contribution < -0.4 is 9.80 Å². The third-order valence-corrected chi connectivity index (χ3v) is 8.15. The van der Waals surface area contributed by atoms with Gasteiger partial charge >= 0.3 is 6.09 Å². The normalized spacial score (nSPS) is 18.6. The summed E-state index contributed by atoms with van der Waals surface area (Å²) in [6.45, 7) is 12.3. The number of carbonyl (C=O) groups is 1. The number of anilines is 2. The number of fused-ring (bicyclic) bond motifs is 2. The molecule has 208 valence electrons. The van der Waals surface area contributed by atoms with Gasteiger partial charge in [-0.15, -0.1) is 0 Å². The van der Waals surface area contributed by atoms with Crippen molar-refractivity contribution in [2.75, 3.05) is 36.0 Å². The first kappa shape index (κ1) is 26.9. The number of ether oxygens (including phenoxy) is 1. The summed E-state index contributed by atoms with van der Waals surface area (Å²) in [5, 5.41) is 2.62. The molecule has 0 radical (unpaired) electrons. The molecule has 3 heterocycles. The average molecular weight is 567 g/mol. The highest BCUT2D eigenvalue weighted by Gasteiger charge is 2.39. The second-order valence-electron chi connectivity index (χ2n) is 10.6. The molecule has 0 aliphatic carbocycles. The number of hydrogen-bond donors (Lipinski definition) is 0. The topological polar surface area (TPSA) is 66.2 Å². The van der Waals surface area contributed by atoms with Crippen LogP contribution in [0.4, 0.5) is 16.3 Å². The zero-order valence-corrected chi connectivity index (χ0v) is 23.7. The molecule has 1 aromatic heterocycles. The molecule has 4 aromatic rings. The fourth-order valence-corrected chi connectivity index (χ4v) is 6.11. The number of carbonyl (C=O) groups excluding carboxylic acids is 1. The molecule has 1 amide bonds. The molecule has 41 heavy (non-hydrogen) atoms. The molecule has 6 rings (SSSR count). The van der Waals surface area contributed by atoms with E-state index in [1.807, 2.05) is 30.3 Å². The van der Waals surface area contributed by atoms with Crippen molar-refractivity contribution in [1.29, 1.82) is 0 Å². The van der Waals surface area contributed by atoms with Crippen LogP contribution in [-0.2, 0) is 24.3 Å². The van der Waals surface area contributed by atoms with Crippen LogP contribution in [0.15, 0.2) is 72.8 Å². The van der Waals surface area contributed by atoms with Crippen LogP contribution in [0, 0.1) is 6.57 Å². The third-order valence-electron chi connectivity index (χ3n) is 7.98. The molecule has 8 nitrogen and oxygen atoms in total. The second-order valence-corrected chi connectivity index (χ2v) is 10.9. The monoisotopic (exact) mass is 566 g/mol. The molecule has 1 fully saturated rings. The summed E-state index contributed by atoms with van der Waals surface area (Å²) in [5.74, 6) is 0.803. The van der Waals surface area contributed by atoms with E-state index in [-0.39, 0.29) is 30.5 Å². The van der Waals surface area contributed by atoms with Gasteiger partial charge < -0.3 is 19.4 Å². The Morgan fingerprint density at radius 3 is 2.66 bits per heavy atom. The smallest absolute Gasteiger partial charge is 0.410 e. The lowest BCUT2D eigenvalue weighted by molar-refractivity contribution is 0.0731. The number of amides is 1. The number of piperazine rings is 1. The summed E-state index contributed by atoms with van der Waals surface area (Å²) < 4.78 is 5.64. The molecule has 0 N–H and O–H groups in total. The Morgan fingerprint density at radius 1 is 1.05 bits per heavy atom. The lowest BCUT2D eigenvalue weighted by Crippen LogP contribution is -2.60. The maximum absolute atomic E-state index is 13.1. The van der Waals surface area contributed by atoms with E-state index in [0.717, 1.165) is 35.6 Å². The molecule has 0 bridgehead atoms. The Hall–Kier alpha value is -4.35. The van der Waals surface area contributed by atoms with E-state index in [9.17, 15) is 4.79 Å². The summed E-state index contributed by atoms with van der Waals surface area (Å²) in [6.07, 6.45) is 0.368. The van der Waals surface area contributed by atoms with E-state index in [4.69, 9.17) is 27.9 Å². The third kappa shape index (κ3) is 5.50. The SMILES string of the molecule is [C-]#[N+]C[C@H]1CN(c2nc(Cl)nc3c2CCN(c2cccc4ccccc24)C3)[C@@H](C)CN1C(=O)OCc1ccccc1. The standard InChI is InChI=1S/C32H31ClN6O2/c1-22-18-39(32(40)41-21-23-9-4-3-5-10-23)25(17-34-2)19-38(22)30-27-15-16-37(20-28(27)35-31(33)36-30)29-14-8-12-24-11-6-7-13-26(24)29/h3-14,22,25H,15-21H2,1H3/t22-,25-/m0/s1. The lowest BCUT2D eigenvalue weighted by Gasteiger charge is -2.44. The molecule has 0 unspecified atom stereocenters. The fourth-order valence-electron chi connectivity index (χ4n) is 5.93. The van der Waals surface area contributed by atoms with Crippen LogP contribution in [-0.4, -0.2) is 59.2 Å². The average Bonchev–Trinajstić information content (AvgIpc) is 3.00.